The van der Waals surface area contributed by atoms with Crippen molar-refractivity contribution < 1.29 is 5.11 Å². The van der Waals surface area contributed by atoms with E-state index in [1.807, 2.05) is 30.3 Å². The molecule has 0 radical (unpaired) electrons. The highest BCUT2D eigenvalue weighted by molar-refractivity contribution is 14.1. The third-order valence-electron chi connectivity index (χ3n) is 3.33. The number of nitrogens with zero attached hydrogens (tertiary/aromatic N) is 2. The SMILES string of the molecule is O=Nc1c(O)n(Cc2ccc(Cl)cc2)c2cccc(I)c12. The molecule has 3 aromatic rings. The first-order valence-electron chi connectivity index (χ1n) is 6.19. The molecular formula is C15H10ClIN2O2. The Hall–Kier alpha value is -1.60. The molecule has 0 fully saturated rings. The summed E-state index contributed by atoms with van der Waals surface area (Å²) in [5.74, 6) is -0.112. The molecule has 0 amide bonds. The number of fused-ring (bicyclic) bond motifs is 1. The highest BCUT2D eigenvalue weighted by atomic mass is 127. The standard InChI is InChI=1S/C15H10ClIN2O2/c16-10-6-4-9(5-7-10)8-19-12-3-1-2-11(17)13(12)14(18-21)15(19)20/h1-7,20H,8H2. The number of nitroso groups, excluding NO2 is 1. The lowest BCUT2D eigenvalue weighted by atomic mass is 10.2. The number of aromatic nitrogens is 1. The second-order valence-corrected chi connectivity index (χ2v) is 6.21. The lowest BCUT2D eigenvalue weighted by Gasteiger charge is -2.07. The summed E-state index contributed by atoms with van der Waals surface area (Å²) in [6.45, 7) is 0.440. The number of hydrogen-bond donors (Lipinski definition) is 1. The molecule has 3 rings (SSSR count). The zero-order valence-electron chi connectivity index (χ0n) is 10.8. The minimum atomic E-state index is -0.112. The van der Waals surface area contributed by atoms with Crippen LogP contribution in [-0.2, 0) is 6.54 Å². The van der Waals surface area contributed by atoms with E-state index in [0.29, 0.717) is 17.0 Å². The Labute approximate surface area is 139 Å². The average molecular weight is 413 g/mol. The second-order valence-electron chi connectivity index (χ2n) is 4.61. The number of hydrogen-bond acceptors (Lipinski definition) is 3. The molecule has 0 saturated heterocycles. The molecule has 0 bridgehead atoms. The summed E-state index contributed by atoms with van der Waals surface area (Å²) in [6.07, 6.45) is 0. The maximum absolute atomic E-state index is 11.1. The smallest absolute Gasteiger partial charge is 0.222 e. The predicted molar refractivity (Wildman–Crippen MR) is 92.3 cm³/mol. The van der Waals surface area contributed by atoms with Gasteiger partial charge < -0.3 is 9.67 Å². The van der Waals surface area contributed by atoms with E-state index in [0.717, 1.165) is 14.7 Å². The molecule has 0 unspecified atom stereocenters. The van der Waals surface area contributed by atoms with Gasteiger partial charge in [-0.1, -0.05) is 29.8 Å². The summed E-state index contributed by atoms with van der Waals surface area (Å²) < 4.78 is 2.56. The molecule has 0 aliphatic rings. The van der Waals surface area contributed by atoms with Crippen molar-refractivity contribution in [2.45, 2.75) is 6.54 Å². The van der Waals surface area contributed by atoms with Crippen molar-refractivity contribution in [2.75, 3.05) is 0 Å². The van der Waals surface area contributed by atoms with Crippen molar-refractivity contribution >= 4 is 50.8 Å². The Balaban J connectivity index is 2.18. The van der Waals surface area contributed by atoms with E-state index in [2.05, 4.69) is 27.8 Å². The lowest BCUT2D eigenvalue weighted by Crippen LogP contribution is -1.98. The van der Waals surface area contributed by atoms with Crippen LogP contribution in [0, 0.1) is 8.48 Å². The van der Waals surface area contributed by atoms with Crippen LogP contribution in [0.5, 0.6) is 5.88 Å². The fraction of sp³-hybridized carbons (Fsp3) is 0.0667. The minimum Gasteiger partial charge on any atom is -0.493 e. The van der Waals surface area contributed by atoms with Gasteiger partial charge in [-0.05, 0) is 57.6 Å². The van der Waals surface area contributed by atoms with E-state index in [9.17, 15) is 10.0 Å². The number of halogens is 2. The quantitative estimate of drug-likeness (QED) is 0.483. The van der Waals surface area contributed by atoms with Gasteiger partial charge in [0.05, 0.1) is 12.1 Å². The summed E-state index contributed by atoms with van der Waals surface area (Å²) in [6, 6.07) is 13.0. The van der Waals surface area contributed by atoms with Crippen LogP contribution in [0.4, 0.5) is 5.69 Å². The van der Waals surface area contributed by atoms with Crippen LogP contribution < -0.4 is 0 Å². The topological polar surface area (TPSA) is 54.6 Å². The van der Waals surface area contributed by atoms with Crippen LogP contribution in [0.2, 0.25) is 5.02 Å². The van der Waals surface area contributed by atoms with Gasteiger partial charge in [0.1, 0.15) is 0 Å². The number of rotatable bonds is 3. The van der Waals surface area contributed by atoms with Gasteiger partial charge in [-0.25, -0.2) is 0 Å². The largest absolute Gasteiger partial charge is 0.493 e. The molecule has 1 aromatic heterocycles. The van der Waals surface area contributed by atoms with Crippen molar-refractivity contribution in [1.82, 2.24) is 4.57 Å². The average Bonchev–Trinajstić information content (AvgIpc) is 2.75. The molecule has 1 N–H and O–H groups in total. The van der Waals surface area contributed by atoms with Gasteiger partial charge in [0.2, 0.25) is 5.88 Å². The molecule has 4 nitrogen and oxygen atoms in total. The molecule has 21 heavy (non-hydrogen) atoms. The van der Waals surface area contributed by atoms with Crippen LogP contribution in [0.1, 0.15) is 5.56 Å². The van der Waals surface area contributed by atoms with Gasteiger partial charge in [-0.15, -0.1) is 4.91 Å². The van der Waals surface area contributed by atoms with Crippen molar-refractivity contribution in [3.05, 3.63) is 61.5 Å². The van der Waals surface area contributed by atoms with Crippen LogP contribution in [0.15, 0.2) is 47.6 Å². The zero-order valence-corrected chi connectivity index (χ0v) is 13.7. The molecule has 0 atom stereocenters. The number of aromatic hydroxyl groups is 1. The highest BCUT2D eigenvalue weighted by Crippen LogP contribution is 2.41. The summed E-state index contributed by atoms with van der Waals surface area (Å²) in [7, 11) is 0. The lowest BCUT2D eigenvalue weighted by molar-refractivity contribution is 0.430. The summed E-state index contributed by atoms with van der Waals surface area (Å²) in [5, 5.41) is 14.6. The highest BCUT2D eigenvalue weighted by Gasteiger charge is 2.19. The van der Waals surface area contributed by atoms with Gasteiger partial charge >= 0.3 is 0 Å². The van der Waals surface area contributed by atoms with E-state index in [4.69, 9.17) is 11.6 Å². The molecule has 0 saturated carbocycles. The number of benzene rings is 2. The Kier molecular flexibility index (Phi) is 3.86. The van der Waals surface area contributed by atoms with Crippen molar-refractivity contribution in [3.8, 4) is 5.88 Å². The van der Waals surface area contributed by atoms with Crippen LogP contribution in [0.25, 0.3) is 10.9 Å². The first kappa shape index (κ1) is 14.3. The van der Waals surface area contributed by atoms with E-state index < -0.39 is 0 Å². The van der Waals surface area contributed by atoms with Crippen LogP contribution in [0.3, 0.4) is 0 Å². The van der Waals surface area contributed by atoms with Gasteiger partial charge in [-0.2, -0.15) is 0 Å². The van der Waals surface area contributed by atoms with Gasteiger partial charge in [0.25, 0.3) is 0 Å². The normalized spacial score (nSPS) is 11.0. The molecule has 106 valence electrons. The zero-order chi connectivity index (χ0) is 15.0. The summed E-state index contributed by atoms with van der Waals surface area (Å²) in [4.78, 5) is 11.1. The molecule has 2 aromatic carbocycles. The fourth-order valence-electron chi connectivity index (χ4n) is 2.34. The Morgan fingerprint density at radius 1 is 1.19 bits per heavy atom. The van der Waals surface area contributed by atoms with Crippen molar-refractivity contribution in [1.29, 1.82) is 0 Å². The van der Waals surface area contributed by atoms with Gasteiger partial charge in [0.15, 0.2) is 5.69 Å². The Morgan fingerprint density at radius 3 is 2.57 bits per heavy atom. The van der Waals surface area contributed by atoms with Gasteiger partial charge in [0, 0.05) is 14.0 Å². The summed E-state index contributed by atoms with van der Waals surface area (Å²) >= 11 is 8.01. The molecule has 0 spiro atoms. The van der Waals surface area contributed by atoms with E-state index in [-0.39, 0.29) is 11.6 Å². The fourth-order valence-corrected chi connectivity index (χ4v) is 3.21. The first-order chi connectivity index (χ1) is 10.1. The molecule has 1 heterocycles. The van der Waals surface area contributed by atoms with Crippen molar-refractivity contribution in [2.24, 2.45) is 5.18 Å². The monoisotopic (exact) mass is 412 g/mol. The molecule has 6 heteroatoms. The molecule has 0 aliphatic heterocycles. The molecule has 0 aliphatic carbocycles. The second kappa shape index (κ2) is 5.65. The van der Waals surface area contributed by atoms with Crippen LogP contribution >= 0.6 is 34.2 Å². The van der Waals surface area contributed by atoms with Crippen molar-refractivity contribution in [3.63, 3.8) is 0 Å². The third-order valence-corrected chi connectivity index (χ3v) is 4.48. The van der Waals surface area contributed by atoms with E-state index >= 15 is 0 Å². The Morgan fingerprint density at radius 2 is 1.90 bits per heavy atom. The van der Waals surface area contributed by atoms with E-state index in [1.165, 1.54) is 0 Å². The molecular weight excluding hydrogens is 403 g/mol. The Bertz CT molecular complexity index is 828. The summed E-state index contributed by atoms with van der Waals surface area (Å²) in [5.41, 5.74) is 1.84. The van der Waals surface area contributed by atoms with E-state index in [1.54, 1.807) is 16.7 Å². The first-order valence-corrected chi connectivity index (χ1v) is 7.65. The van der Waals surface area contributed by atoms with Crippen LogP contribution in [-0.4, -0.2) is 9.67 Å². The maximum Gasteiger partial charge on any atom is 0.222 e. The third kappa shape index (κ3) is 2.51. The minimum absolute atomic E-state index is 0.0870. The maximum atomic E-state index is 11.1. The predicted octanol–water partition coefficient (Wildman–Crippen LogP) is 5.05. The van der Waals surface area contributed by atoms with Gasteiger partial charge in [-0.3, -0.25) is 0 Å².